The molecule has 0 bridgehead atoms. The van der Waals surface area contributed by atoms with Crippen LogP contribution in [0.25, 0.3) is 0 Å². The number of halogens is 1. The molecule has 26 heavy (non-hydrogen) atoms. The monoisotopic (exact) mass is 378 g/mol. The van der Waals surface area contributed by atoms with Gasteiger partial charge >= 0.3 is 0 Å². The van der Waals surface area contributed by atoms with Gasteiger partial charge in [0.05, 0.1) is 18.3 Å². The second kappa shape index (κ2) is 9.38. The van der Waals surface area contributed by atoms with Crippen molar-refractivity contribution in [1.29, 1.82) is 0 Å². The zero-order valence-corrected chi connectivity index (χ0v) is 16.1. The van der Waals surface area contributed by atoms with Crippen LogP contribution in [0.3, 0.4) is 0 Å². The van der Waals surface area contributed by atoms with Gasteiger partial charge in [0.2, 0.25) is 0 Å². The average molecular weight is 379 g/mol. The maximum absolute atomic E-state index is 10.6. The fourth-order valence-corrected chi connectivity index (χ4v) is 3.36. The molecule has 5 heteroatoms. The smallest absolute Gasteiger partial charge is 0.115 e. The van der Waals surface area contributed by atoms with Gasteiger partial charge in [0.1, 0.15) is 11.9 Å². The lowest BCUT2D eigenvalue weighted by atomic mass is 9.93. The minimum absolute atomic E-state index is 0.0140. The highest BCUT2D eigenvalue weighted by Crippen LogP contribution is 2.36. The third kappa shape index (κ3) is 4.98. The van der Waals surface area contributed by atoms with Crippen LogP contribution in [0.15, 0.2) is 42.5 Å². The van der Waals surface area contributed by atoms with Gasteiger partial charge in [0, 0.05) is 17.0 Å². The van der Waals surface area contributed by atoms with Gasteiger partial charge in [-0.3, -0.25) is 0 Å². The van der Waals surface area contributed by atoms with Crippen molar-refractivity contribution < 1.29 is 20.1 Å². The van der Waals surface area contributed by atoms with E-state index >= 15 is 0 Å². The van der Waals surface area contributed by atoms with Crippen molar-refractivity contribution >= 4 is 11.6 Å². The van der Waals surface area contributed by atoms with E-state index in [-0.39, 0.29) is 24.1 Å². The molecule has 2 aromatic carbocycles. The Balaban J connectivity index is 0.00000117. The molecule has 142 valence electrons. The predicted molar refractivity (Wildman–Crippen MR) is 103 cm³/mol. The van der Waals surface area contributed by atoms with Crippen LogP contribution >= 0.6 is 11.6 Å². The van der Waals surface area contributed by atoms with Crippen LogP contribution < -0.4 is 0 Å². The summed E-state index contributed by atoms with van der Waals surface area (Å²) in [4.78, 5) is 0. The number of hydrogen-bond donors (Lipinski definition) is 3. The van der Waals surface area contributed by atoms with E-state index in [0.717, 1.165) is 5.56 Å². The molecule has 4 atom stereocenters. The molecular formula is C21H27ClO4. The third-order valence-electron chi connectivity index (χ3n) is 4.38. The molecule has 0 spiro atoms. The molecule has 1 aliphatic rings. The summed E-state index contributed by atoms with van der Waals surface area (Å²) in [6.07, 6.45) is -0.357. The summed E-state index contributed by atoms with van der Waals surface area (Å²) >= 11 is 6.27. The van der Waals surface area contributed by atoms with Gasteiger partial charge in [-0.2, -0.15) is 0 Å². The second-order valence-corrected chi connectivity index (χ2v) is 6.74. The Morgan fingerprint density at radius 2 is 1.73 bits per heavy atom. The number of aromatic hydroxyl groups is 1. The summed E-state index contributed by atoms with van der Waals surface area (Å²) in [7, 11) is 0. The van der Waals surface area contributed by atoms with Crippen molar-refractivity contribution in [3.63, 3.8) is 0 Å². The molecule has 3 N–H and O–H groups in total. The Morgan fingerprint density at radius 3 is 2.35 bits per heavy atom. The third-order valence-corrected chi connectivity index (χ3v) is 4.73. The zero-order valence-electron chi connectivity index (χ0n) is 15.4. The molecule has 0 amide bonds. The van der Waals surface area contributed by atoms with Crippen LogP contribution in [-0.4, -0.2) is 27.5 Å². The van der Waals surface area contributed by atoms with E-state index < -0.39 is 6.10 Å². The van der Waals surface area contributed by atoms with Gasteiger partial charge in [-0.05, 0) is 48.7 Å². The van der Waals surface area contributed by atoms with Gasteiger partial charge in [0.25, 0.3) is 0 Å². The number of aliphatic hydroxyl groups excluding tert-OH is 2. The molecular weight excluding hydrogens is 352 g/mol. The number of aliphatic hydroxyl groups is 2. The van der Waals surface area contributed by atoms with Gasteiger partial charge in [-0.25, -0.2) is 0 Å². The molecule has 0 aliphatic carbocycles. The molecule has 1 heterocycles. The minimum Gasteiger partial charge on any atom is -0.508 e. The molecule has 0 aromatic heterocycles. The molecule has 3 rings (SSSR count). The topological polar surface area (TPSA) is 69.9 Å². The van der Waals surface area contributed by atoms with Crippen molar-refractivity contribution in [2.45, 2.75) is 58.0 Å². The lowest BCUT2D eigenvalue weighted by Crippen LogP contribution is -2.29. The predicted octanol–water partition coefficient (Wildman–Crippen LogP) is 4.75. The van der Waals surface area contributed by atoms with E-state index in [1.165, 1.54) is 12.1 Å². The summed E-state index contributed by atoms with van der Waals surface area (Å²) in [5, 5.41) is 30.4. The van der Waals surface area contributed by atoms with Crippen molar-refractivity contribution in [2.75, 3.05) is 0 Å². The maximum Gasteiger partial charge on any atom is 0.115 e. The van der Waals surface area contributed by atoms with Gasteiger partial charge in [-0.1, -0.05) is 43.6 Å². The summed E-state index contributed by atoms with van der Waals surface area (Å²) in [5.74, 6) is 0.143. The minimum atomic E-state index is -0.899. The normalized spacial score (nSPS) is 23.7. The molecule has 4 unspecified atom stereocenters. The standard InChI is InChI=1S/C19H21ClO4.C2H6/c1-11-8-15(22)10-18(24-11)13-4-7-17(20)16(9-13)19(23)12-2-5-14(21)6-3-12;1-2/h2-7,9,11,15,18-19,21-23H,8,10H2,1H3;1-2H3. The van der Waals surface area contributed by atoms with E-state index in [9.17, 15) is 15.3 Å². The molecule has 1 saturated heterocycles. The second-order valence-electron chi connectivity index (χ2n) is 6.34. The van der Waals surface area contributed by atoms with Crippen LogP contribution in [-0.2, 0) is 4.74 Å². The van der Waals surface area contributed by atoms with Crippen LogP contribution in [0, 0.1) is 0 Å². The lowest BCUT2D eigenvalue weighted by Gasteiger charge is -2.32. The Morgan fingerprint density at radius 1 is 1.08 bits per heavy atom. The lowest BCUT2D eigenvalue weighted by molar-refractivity contribution is -0.0895. The molecule has 0 saturated carbocycles. The Hall–Kier alpha value is -1.59. The number of rotatable bonds is 3. The zero-order chi connectivity index (χ0) is 19.3. The maximum atomic E-state index is 10.6. The highest BCUT2D eigenvalue weighted by atomic mass is 35.5. The first-order chi connectivity index (χ1) is 12.4. The Bertz CT molecular complexity index is 692. The molecule has 1 fully saturated rings. The quantitative estimate of drug-likeness (QED) is 0.720. The fraction of sp³-hybridized carbons (Fsp3) is 0.429. The van der Waals surface area contributed by atoms with Crippen LogP contribution in [0.4, 0.5) is 0 Å². The summed E-state index contributed by atoms with van der Waals surface area (Å²) < 4.78 is 5.92. The Kier molecular flexibility index (Phi) is 7.47. The van der Waals surface area contributed by atoms with E-state index in [0.29, 0.717) is 29.0 Å². The van der Waals surface area contributed by atoms with Crippen LogP contribution in [0.1, 0.15) is 62.5 Å². The first-order valence-electron chi connectivity index (χ1n) is 9.04. The first kappa shape index (κ1) is 20.7. The van der Waals surface area contributed by atoms with Gasteiger partial charge in [0.15, 0.2) is 0 Å². The van der Waals surface area contributed by atoms with Gasteiger partial charge < -0.3 is 20.1 Å². The molecule has 4 nitrogen and oxygen atoms in total. The van der Waals surface area contributed by atoms with E-state index in [2.05, 4.69) is 0 Å². The van der Waals surface area contributed by atoms with Crippen molar-refractivity contribution in [1.82, 2.24) is 0 Å². The van der Waals surface area contributed by atoms with E-state index in [1.807, 2.05) is 32.9 Å². The fourth-order valence-electron chi connectivity index (χ4n) is 3.14. The largest absolute Gasteiger partial charge is 0.508 e. The Labute approximate surface area is 160 Å². The summed E-state index contributed by atoms with van der Waals surface area (Å²) in [6, 6.07) is 11.8. The van der Waals surface area contributed by atoms with Crippen LogP contribution in [0.2, 0.25) is 5.02 Å². The van der Waals surface area contributed by atoms with E-state index in [1.54, 1.807) is 18.2 Å². The SMILES string of the molecule is CC.CC1CC(O)CC(c2ccc(Cl)c(C(O)c3ccc(O)cc3)c2)O1. The molecule has 0 radical (unpaired) electrons. The summed E-state index contributed by atoms with van der Waals surface area (Å²) in [6.45, 7) is 5.94. The average Bonchev–Trinajstić information content (AvgIpc) is 2.63. The van der Waals surface area contributed by atoms with E-state index in [4.69, 9.17) is 16.3 Å². The number of phenols is 1. The summed E-state index contributed by atoms with van der Waals surface area (Å²) in [5.41, 5.74) is 2.11. The van der Waals surface area contributed by atoms with Crippen molar-refractivity contribution in [2.24, 2.45) is 0 Å². The number of ether oxygens (including phenoxy) is 1. The van der Waals surface area contributed by atoms with Crippen molar-refractivity contribution in [3.05, 3.63) is 64.2 Å². The highest BCUT2D eigenvalue weighted by Gasteiger charge is 2.28. The first-order valence-corrected chi connectivity index (χ1v) is 9.41. The van der Waals surface area contributed by atoms with Gasteiger partial charge in [-0.15, -0.1) is 0 Å². The van der Waals surface area contributed by atoms with Crippen LogP contribution in [0.5, 0.6) is 5.75 Å². The molecule has 1 aliphatic heterocycles. The number of benzene rings is 2. The van der Waals surface area contributed by atoms with Crippen molar-refractivity contribution in [3.8, 4) is 5.75 Å². The number of phenolic OH excluding ortho intramolecular Hbond substituents is 1. The highest BCUT2D eigenvalue weighted by molar-refractivity contribution is 6.31. The number of hydrogen-bond acceptors (Lipinski definition) is 4. The molecule has 2 aromatic rings.